The van der Waals surface area contributed by atoms with E-state index < -0.39 is 23.2 Å². The van der Waals surface area contributed by atoms with Gasteiger partial charge in [0.2, 0.25) is 0 Å². The number of rotatable bonds is 0. The topological polar surface area (TPSA) is 74.6 Å². The highest BCUT2D eigenvalue weighted by molar-refractivity contribution is 6.14. The number of phenolic OH excluding ortho intramolecular Hbond substituents is 2. The zero-order chi connectivity index (χ0) is 25.6. The van der Waals surface area contributed by atoms with Crippen LogP contribution < -0.4 is 0 Å². The van der Waals surface area contributed by atoms with Gasteiger partial charge in [0.25, 0.3) is 0 Å². The quantitative estimate of drug-likeness (QED) is 0.141. The Kier molecular flexibility index (Phi) is 5.48. The average molecular weight is 486 g/mol. The van der Waals surface area contributed by atoms with Crippen LogP contribution in [0.4, 0.5) is 13.2 Å². The molecule has 36 heavy (non-hydrogen) atoms. The number of halogens is 3. The summed E-state index contributed by atoms with van der Waals surface area (Å²) in [5.41, 5.74) is -1.22. The molecular weight excluding hydrogens is 469 g/mol. The standard InChI is InChI=1S/C23H13F3O2.C6H4O2/c24-23(25,26)21-19-10-17-8-15-6-13-4-2-1-3-12(13)5-14(15)7-16(17)9-18(19)11-20(27)22(21)28;7-5-1-2-6(8)4-3-5/h1-11,27-28H;1-4H. The zero-order valence-corrected chi connectivity index (χ0v) is 18.5. The molecule has 6 rings (SSSR count). The highest BCUT2D eigenvalue weighted by atomic mass is 19.4. The van der Waals surface area contributed by atoms with Crippen LogP contribution >= 0.6 is 0 Å². The largest absolute Gasteiger partial charge is 0.504 e. The Morgan fingerprint density at radius 3 is 1.44 bits per heavy atom. The molecule has 0 heterocycles. The number of ketones is 2. The second-order valence-electron chi connectivity index (χ2n) is 8.41. The number of carbonyl (C=O) groups excluding carboxylic acids is 2. The third kappa shape index (κ3) is 4.27. The second-order valence-corrected chi connectivity index (χ2v) is 8.41. The van der Waals surface area contributed by atoms with Gasteiger partial charge in [0, 0.05) is 0 Å². The van der Waals surface area contributed by atoms with Crippen molar-refractivity contribution in [2.75, 3.05) is 0 Å². The summed E-state index contributed by atoms with van der Waals surface area (Å²) in [4.78, 5) is 20.6. The molecule has 5 aromatic carbocycles. The minimum Gasteiger partial charge on any atom is -0.504 e. The number of benzene rings is 5. The van der Waals surface area contributed by atoms with E-state index >= 15 is 0 Å². The van der Waals surface area contributed by atoms with Crippen LogP contribution in [0.15, 0.2) is 91.0 Å². The molecule has 0 saturated heterocycles. The highest BCUT2D eigenvalue weighted by Crippen LogP contribution is 2.46. The van der Waals surface area contributed by atoms with Crippen molar-refractivity contribution in [2.45, 2.75) is 6.18 Å². The molecule has 0 saturated carbocycles. The number of alkyl halides is 3. The van der Waals surface area contributed by atoms with Crippen LogP contribution in [0.2, 0.25) is 0 Å². The average Bonchev–Trinajstić information content (AvgIpc) is 2.82. The first-order valence-electron chi connectivity index (χ1n) is 10.9. The summed E-state index contributed by atoms with van der Waals surface area (Å²) in [7, 11) is 0. The smallest absolute Gasteiger partial charge is 0.420 e. The maximum absolute atomic E-state index is 13.5. The van der Waals surface area contributed by atoms with Gasteiger partial charge in [-0.05, 0) is 110 Å². The van der Waals surface area contributed by atoms with Crippen molar-refractivity contribution in [3.8, 4) is 11.5 Å². The van der Waals surface area contributed by atoms with Gasteiger partial charge < -0.3 is 10.2 Å². The fourth-order valence-electron chi connectivity index (χ4n) is 4.30. The number of carbonyl (C=O) groups is 2. The molecule has 1 aliphatic carbocycles. The molecule has 2 N–H and O–H groups in total. The summed E-state index contributed by atoms with van der Waals surface area (Å²) in [5.74, 6) is -2.17. The third-order valence-corrected chi connectivity index (χ3v) is 5.98. The van der Waals surface area contributed by atoms with Crippen LogP contribution in [0.1, 0.15) is 5.56 Å². The maximum atomic E-state index is 13.5. The van der Waals surface area contributed by atoms with E-state index in [1.54, 1.807) is 6.07 Å². The normalized spacial score (nSPS) is 13.5. The Labute approximate surface area is 202 Å². The Morgan fingerprint density at radius 2 is 0.972 bits per heavy atom. The predicted molar refractivity (Wildman–Crippen MR) is 133 cm³/mol. The van der Waals surface area contributed by atoms with Crippen molar-refractivity contribution in [2.24, 2.45) is 0 Å². The summed E-state index contributed by atoms with van der Waals surface area (Å²) in [6.07, 6.45) is 0.219. The van der Waals surface area contributed by atoms with E-state index in [0.29, 0.717) is 5.39 Å². The lowest BCUT2D eigenvalue weighted by Crippen LogP contribution is -2.06. The summed E-state index contributed by atoms with van der Waals surface area (Å²) in [6.45, 7) is 0. The Morgan fingerprint density at radius 1 is 0.556 bits per heavy atom. The summed E-state index contributed by atoms with van der Waals surface area (Å²) < 4.78 is 40.5. The van der Waals surface area contributed by atoms with Crippen molar-refractivity contribution in [1.82, 2.24) is 0 Å². The van der Waals surface area contributed by atoms with Gasteiger partial charge in [-0.3, -0.25) is 9.59 Å². The lowest BCUT2D eigenvalue weighted by atomic mass is 9.95. The summed E-state index contributed by atoms with van der Waals surface area (Å²) in [6, 6.07) is 19.9. The van der Waals surface area contributed by atoms with Crippen molar-refractivity contribution in [1.29, 1.82) is 0 Å². The second kappa shape index (κ2) is 8.53. The minimum absolute atomic E-state index is 0.121. The van der Waals surface area contributed by atoms with Crippen LogP contribution in [-0.2, 0) is 15.8 Å². The van der Waals surface area contributed by atoms with Crippen molar-refractivity contribution in [3.05, 3.63) is 96.6 Å². The van der Waals surface area contributed by atoms with E-state index in [9.17, 15) is 33.0 Å². The molecule has 0 fully saturated rings. The first-order valence-corrected chi connectivity index (χ1v) is 10.9. The lowest BCUT2D eigenvalue weighted by Gasteiger charge is -2.15. The zero-order valence-electron chi connectivity index (χ0n) is 18.5. The molecule has 7 heteroatoms. The lowest BCUT2D eigenvalue weighted by molar-refractivity contribution is -0.137. The molecule has 0 bridgehead atoms. The molecule has 4 nitrogen and oxygen atoms in total. The Hall–Kier alpha value is -4.65. The van der Waals surface area contributed by atoms with Crippen molar-refractivity contribution >= 4 is 54.7 Å². The maximum Gasteiger partial charge on any atom is 0.420 e. The number of hydrogen-bond acceptors (Lipinski definition) is 4. The third-order valence-electron chi connectivity index (χ3n) is 5.98. The van der Waals surface area contributed by atoms with Gasteiger partial charge in [0.15, 0.2) is 23.1 Å². The van der Waals surface area contributed by atoms with E-state index in [1.807, 2.05) is 48.5 Å². The van der Waals surface area contributed by atoms with Crippen LogP contribution in [-0.4, -0.2) is 21.8 Å². The molecule has 178 valence electrons. The fourth-order valence-corrected chi connectivity index (χ4v) is 4.30. The number of allylic oxidation sites excluding steroid dienone is 4. The van der Waals surface area contributed by atoms with Crippen molar-refractivity contribution in [3.63, 3.8) is 0 Å². The first-order chi connectivity index (χ1) is 17.1. The molecule has 0 unspecified atom stereocenters. The SMILES string of the molecule is O=C1C=CC(=O)C=C1.Oc1cc2cc3cc4cc5ccccc5cc4cc3cc2c(C(F)(F)F)c1O. The van der Waals surface area contributed by atoms with E-state index in [0.717, 1.165) is 33.0 Å². The minimum atomic E-state index is -4.79. The highest BCUT2D eigenvalue weighted by Gasteiger charge is 2.37. The number of phenols is 2. The molecule has 1 aliphatic rings. The number of aromatic hydroxyl groups is 2. The Bertz CT molecular complexity index is 1740. The summed E-state index contributed by atoms with van der Waals surface area (Å²) in [5, 5.41) is 25.1. The van der Waals surface area contributed by atoms with Crippen LogP contribution in [0.5, 0.6) is 11.5 Å². The van der Waals surface area contributed by atoms with Gasteiger partial charge in [0.1, 0.15) is 5.56 Å². The molecular formula is C29H17F3O4. The molecule has 5 aromatic rings. The van der Waals surface area contributed by atoms with Gasteiger partial charge in [-0.25, -0.2) is 0 Å². The van der Waals surface area contributed by atoms with E-state index in [1.165, 1.54) is 30.4 Å². The van der Waals surface area contributed by atoms with Gasteiger partial charge in [-0.2, -0.15) is 13.2 Å². The van der Waals surface area contributed by atoms with Crippen LogP contribution in [0.3, 0.4) is 0 Å². The van der Waals surface area contributed by atoms with E-state index in [2.05, 4.69) is 0 Å². The summed E-state index contributed by atoms with van der Waals surface area (Å²) >= 11 is 0. The first kappa shape index (κ1) is 23.1. The molecule has 0 radical (unpaired) electrons. The molecule has 0 amide bonds. The Balaban J connectivity index is 0.000000286. The number of fused-ring (bicyclic) bond motifs is 4. The van der Waals surface area contributed by atoms with Crippen molar-refractivity contribution < 1.29 is 33.0 Å². The fraction of sp³-hybridized carbons (Fsp3) is 0.0345. The van der Waals surface area contributed by atoms with E-state index in [-0.39, 0.29) is 22.3 Å². The van der Waals surface area contributed by atoms with Gasteiger partial charge in [0.05, 0.1) is 0 Å². The van der Waals surface area contributed by atoms with Gasteiger partial charge in [-0.1, -0.05) is 24.3 Å². The molecule has 0 aliphatic heterocycles. The molecule has 0 spiro atoms. The van der Waals surface area contributed by atoms with Crippen LogP contribution in [0.25, 0.3) is 43.1 Å². The van der Waals surface area contributed by atoms with Crippen LogP contribution in [0, 0.1) is 0 Å². The monoisotopic (exact) mass is 486 g/mol. The predicted octanol–water partition coefficient (Wildman–Crippen LogP) is 6.98. The molecule has 0 aromatic heterocycles. The van der Waals surface area contributed by atoms with E-state index in [4.69, 9.17) is 0 Å². The number of hydrogen-bond donors (Lipinski definition) is 2. The van der Waals surface area contributed by atoms with Gasteiger partial charge >= 0.3 is 6.18 Å². The van der Waals surface area contributed by atoms with Gasteiger partial charge in [-0.15, -0.1) is 0 Å². The molecule has 0 atom stereocenters.